The Morgan fingerprint density at radius 1 is 1.09 bits per heavy atom. The van der Waals surface area contributed by atoms with Crippen LogP contribution in [0.15, 0.2) is 46.0 Å². The molecule has 10 heteroatoms. The first-order valence-electron chi connectivity index (χ1n) is 9.82. The molecule has 0 bridgehead atoms. The number of anilines is 1. The molecule has 32 heavy (non-hydrogen) atoms. The molecule has 0 aliphatic carbocycles. The van der Waals surface area contributed by atoms with Crippen LogP contribution in [0.25, 0.3) is 0 Å². The molecule has 0 heterocycles. The predicted molar refractivity (Wildman–Crippen MR) is 125 cm³/mol. The topological polar surface area (TPSA) is 118 Å². The van der Waals surface area contributed by atoms with Gasteiger partial charge in [-0.2, -0.15) is 5.10 Å². The minimum absolute atomic E-state index is 0.206. The number of nitrogens with zero attached hydrogens (tertiary/aromatic N) is 1. The van der Waals surface area contributed by atoms with Crippen LogP contribution < -0.4 is 25.5 Å². The molecular weight excluding hydrogens is 480 g/mol. The Morgan fingerprint density at radius 2 is 1.88 bits per heavy atom. The molecule has 0 atom stereocenters. The molecule has 2 aromatic rings. The van der Waals surface area contributed by atoms with E-state index in [1.807, 2.05) is 26.0 Å². The lowest BCUT2D eigenvalue weighted by molar-refractivity contribution is -0.139. The van der Waals surface area contributed by atoms with Gasteiger partial charge in [0.25, 0.3) is 5.91 Å². The van der Waals surface area contributed by atoms with Crippen molar-refractivity contribution in [2.75, 3.05) is 25.6 Å². The van der Waals surface area contributed by atoms with Gasteiger partial charge in [0.2, 0.25) is 0 Å². The van der Waals surface area contributed by atoms with Crippen molar-refractivity contribution in [3.05, 3.63) is 52.0 Å². The lowest BCUT2D eigenvalue weighted by Gasteiger charge is -2.12. The number of hydrogen-bond acceptors (Lipinski definition) is 6. The van der Waals surface area contributed by atoms with Crippen molar-refractivity contribution in [2.45, 2.75) is 20.3 Å². The van der Waals surface area contributed by atoms with E-state index >= 15 is 0 Å². The van der Waals surface area contributed by atoms with Crippen LogP contribution in [0.5, 0.6) is 11.5 Å². The fourth-order valence-corrected chi connectivity index (χ4v) is 2.99. The van der Waals surface area contributed by atoms with Crippen LogP contribution in [-0.4, -0.2) is 44.2 Å². The lowest BCUT2D eigenvalue weighted by atomic mass is 10.2. The Bertz CT molecular complexity index is 1010. The summed E-state index contributed by atoms with van der Waals surface area (Å²) in [4.78, 5) is 35.3. The molecule has 3 N–H and O–H groups in total. The SMILES string of the molecule is CCCNC(=O)C(=O)N/N=C\c1ccc(OCC(=O)Nc2ccc(Br)cc2C)c(OC)c1. The van der Waals surface area contributed by atoms with Crippen LogP contribution >= 0.6 is 15.9 Å². The Balaban J connectivity index is 1.93. The van der Waals surface area contributed by atoms with Crippen LogP contribution in [0.4, 0.5) is 5.69 Å². The zero-order valence-corrected chi connectivity index (χ0v) is 19.6. The fourth-order valence-electron chi connectivity index (χ4n) is 2.52. The largest absolute Gasteiger partial charge is 0.493 e. The van der Waals surface area contributed by atoms with Crippen molar-refractivity contribution in [3.63, 3.8) is 0 Å². The lowest BCUT2D eigenvalue weighted by Crippen LogP contribution is -2.38. The zero-order valence-electron chi connectivity index (χ0n) is 18.0. The maximum atomic E-state index is 12.2. The molecule has 0 aliphatic rings. The highest BCUT2D eigenvalue weighted by Crippen LogP contribution is 2.27. The van der Waals surface area contributed by atoms with Gasteiger partial charge < -0.3 is 20.1 Å². The molecule has 0 saturated heterocycles. The molecule has 0 spiro atoms. The van der Waals surface area contributed by atoms with Gasteiger partial charge in [0.1, 0.15) is 0 Å². The van der Waals surface area contributed by atoms with Crippen molar-refractivity contribution >= 4 is 45.6 Å². The van der Waals surface area contributed by atoms with E-state index < -0.39 is 11.8 Å². The highest BCUT2D eigenvalue weighted by atomic mass is 79.9. The molecule has 0 radical (unpaired) electrons. The van der Waals surface area contributed by atoms with E-state index in [4.69, 9.17) is 9.47 Å². The van der Waals surface area contributed by atoms with Gasteiger partial charge in [-0.1, -0.05) is 22.9 Å². The first-order valence-corrected chi connectivity index (χ1v) is 10.6. The van der Waals surface area contributed by atoms with Gasteiger partial charge in [0.15, 0.2) is 18.1 Å². The summed E-state index contributed by atoms with van der Waals surface area (Å²) in [6.45, 7) is 3.98. The average Bonchev–Trinajstić information content (AvgIpc) is 2.78. The highest BCUT2D eigenvalue weighted by molar-refractivity contribution is 9.10. The van der Waals surface area contributed by atoms with Gasteiger partial charge in [-0.3, -0.25) is 14.4 Å². The summed E-state index contributed by atoms with van der Waals surface area (Å²) in [7, 11) is 1.47. The number of amides is 3. The number of ether oxygens (including phenoxy) is 2. The van der Waals surface area contributed by atoms with Crippen LogP contribution in [0, 0.1) is 6.92 Å². The summed E-state index contributed by atoms with van der Waals surface area (Å²) in [6, 6.07) is 10.5. The monoisotopic (exact) mass is 504 g/mol. The third-order valence-corrected chi connectivity index (χ3v) is 4.62. The second kappa shape index (κ2) is 12.5. The maximum absolute atomic E-state index is 12.2. The Morgan fingerprint density at radius 3 is 2.56 bits per heavy atom. The van der Waals surface area contributed by atoms with E-state index in [0.717, 1.165) is 16.5 Å². The van der Waals surface area contributed by atoms with Crippen LogP contribution in [0.1, 0.15) is 24.5 Å². The van der Waals surface area contributed by atoms with Crippen molar-refractivity contribution < 1.29 is 23.9 Å². The molecular formula is C22H25BrN4O5. The van der Waals surface area contributed by atoms with Crippen LogP contribution in [0.2, 0.25) is 0 Å². The molecule has 2 aromatic carbocycles. The van der Waals surface area contributed by atoms with E-state index in [1.54, 1.807) is 24.3 Å². The van der Waals surface area contributed by atoms with Crippen molar-refractivity contribution in [2.24, 2.45) is 5.10 Å². The molecule has 0 saturated carbocycles. The van der Waals surface area contributed by atoms with Gasteiger partial charge >= 0.3 is 11.8 Å². The molecule has 9 nitrogen and oxygen atoms in total. The van der Waals surface area contributed by atoms with E-state index in [9.17, 15) is 14.4 Å². The molecule has 0 aliphatic heterocycles. The van der Waals surface area contributed by atoms with E-state index in [2.05, 4.69) is 37.1 Å². The number of nitrogens with one attached hydrogen (secondary N) is 3. The predicted octanol–water partition coefficient (Wildman–Crippen LogP) is 2.76. The number of methoxy groups -OCH3 is 1. The third kappa shape index (κ3) is 7.69. The summed E-state index contributed by atoms with van der Waals surface area (Å²) in [6.07, 6.45) is 2.09. The quantitative estimate of drug-likeness (QED) is 0.275. The van der Waals surface area contributed by atoms with Crippen molar-refractivity contribution in [1.29, 1.82) is 0 Å². The Kier molecular flexibility index (Phi) is 9.68. The molecule has 0 unspecified atom stereocenters. The summed E-state index contributed by atoms with van der Waals surface area (Å²) >= 11 is 3.38. The van der Waals surface area contributed by atoms with Gasteiger partial charge in [0.05, 0.1) is 13.3 Å². The van der Waals surface area contributed by atoms with Crippen molar-refractivity contribution in [1.82, 2.24) is 10.7 Å². The van der Waals surface area contributed by atoms with Gasteiger partial charge in [-0.05, 0) is 60.9 Å². The van der Waals surface area contributed by atoms with Gasteiger partial charge in [-0.15, -0.1) is 0 Å². The summed E-state index contributed by atoms with van der Waals surface area (Å²) < 4.78 is 11.8. The normalized spacial score (nSPS) is 10.5. The number of rotatable bonds is 9. The maximum Gasteiger partial charge on any atom is 0.329 e. The van der Waals surface area contributed by atoms with Crippen molar-refractivity contribution in [3.8, 4) is 11.5 Å². The smallest absolute Gasteiger partial charge is 0.329 e. The number of carbonyl (C=O) groups excluding carboxylic acids is 3. The number of hydrazone groups is 1. The highest BCUT2D eigenvalue weighted by Gasteiger charge is 2.12. The Hall–Kier alpha value is -3.40. The minimum Gasteiger partial charge on any atom is -0.493 e. The number of halogens is 1. The third-order valence-electron chi connectivity index (χ3n) is 4.13. The molecule has 0 aromatic heterocycles. The van der Waals surface area contributed by atoms with E-state index in [1.165, 1.54) is 13.3 Å². The number of benzene rings is 2. The number of hydrogen-bond donors (Lipinski definition) is 3. The number of aryl methyl sites for hydroxylation is 1. The van der Waals surface area contributed by atoms with Gasteiger partial charge in [-0.25, -0.2) is 5.43 Å². The van der Waals surface area contributed by atoms with E-state index in [0.29, 0.717) is 29.3 Å². The first-order chi connectivity index (χ1) is 15.3. The summed E-state index contributed by atoms with van der Waals surface area (Å²) in [5, 5.41) is 9.01. The first kappa shape index (κ1) is 24.9. The second-order valence-corrected chi connectivity index (χ2v) is 7.58. The molecule has 0 fully saturated rings. The summed E-state index contributed by atoms with van der Waals surface area (Å²) in [5.41, 5.74) is 4.37. The molecule has 3 amide bonds. The fraction of sp³-hybridized carbons (Fsp3) is 0.273. The average molecular weight is 505 g/mol. The van der Waals surface area contributed by atoms with Crippen LogP contribution in [-0.2, 0) is 14.4 Å². The van der Waals surface area contributed by atoms with Crippen LogP contribution in [0.3, 0.4) is 0 Å². The second-order valence-electron chi connectivity index (χ2n) is 6.66. The Labute approximate surface area is 194 Å². The minimum atomic E-state index is -0.853. The molecule has 170 valence electrons. The summed E-state index contributed by atoms with van der Waals surface area (Å²) in [5.74, 6) is -1.16. The number of carbonyl (C=O) groups is 3. The standard InChI is InChI=1S/C22H25BrN4O5/c1-4-9-24-21(29)22(30)27-25-12-15-5-8-18(19(11-15)31-3)32-13-20(28)26-17-7-6-16(23)10-14(17)2/h5-8,10-12H,4,9,13H2,1-3H3,(H,24,29)(H,26,28)(H,27,30)/b25-12-. The van der Waals surface area contributed by atoms with Gasteiger partial charge in [0, 0.05) is 16.7 Å². The zero-order chi connectivity index (χ0) is 23.5. The molecule has 2 rings (SSSR count). The van der Waals surface area contributed by atoms with E-state index in [-0.39, 0.29) is 12.5 Å².